The molecular weight excluding hydrogens is 124 g/mol. The van der Waals surface area contributed by atoms with Gasteiger partial charge in [0.1, 0.15) is 6.10 Å². The van der Waals surface area contributed by atoms with E-state index >= 15 is 0 Å². The normalized spacial score (nSPS) is 46.1. The van der Waals surface area contributed by atoms with E-state index in [1.165, 1.54) is 31.3 Å². The third-order valence-electron chi connectivity index (χ3n) is 2.68. The fraction of sp³-hybridized carbons (Fsp3) is 0.778. The molecule has 0 radical (unpaired) electrons. The first-order valence-corrected chi connectivity index (χ1v) is 4.08. The summed E-state index contributed by atoms with van der Waals surface area (Å²) < 4.78 is 5.56. The lowest BCUT2D eigenvalue weighted by Crippen LogP contribution is -2.07. The van der Waals surface area contributed by atoms with E-state index in [4.69, 9.17) is 4.74 Å². The minimum Gasteiger partial charge on any atom is -0.362 e. The summed E-state index contributed by atoms with van der Waals surface area (Å²) in [5, 5.41) is 0. The highest BCUT2D eigenvalue weighted by Crippen LogP contribution is 2.47. The molecule has 2 fully saturated rings. The molecule has 0 aromatic carbocycles. The van der Waals surface area contributed by atoms with Crippen LogP contribution in [0.5, 0.6) is 0 Å². The molecule has 2 atom stereocenters. The first-order valence-electron chi connectivity index (χ1n) is 4.08. The quantitative estimate of drug-likeness (QED) is 0.369. The van der Waals surface area contributed by atoms with Crippen molar-refractivity contribution in [1.82, 2.24) is 0 Å². The maximum absolute atomic E-state index is 5.56. The molecule has 0 aromatic heterocycles. The van der Waals surface area contributed by atoms with Gasteiger partial charge in [0.2, 0.25) is 0 Å². The number of hydrogen-bond donors (Lipinski definition) is 0. The summed E-state index contributed by atoms with van der Waals surface area (Å²) >= 11 is 0. The Bertz CT molecular complexity index is 174. The van der Waals surface area contributed by atoms with Crippen molar-refractivity contribution in [3.05, 3.63) is 12.2 Å². The monoisotopic (exact) mass is 138 g/mol. The fourth-order valence-electron chi connectivity index (χ4n) is 1.90. The van der Waals surface area contributed by atoms with Crippen LogP contribution in [0.2, 0.25) is 0 Å². The lowest BCUT2D eigenvalue weighted by molar-refractivity contribution is 0.289. The topological polar surface area (TPSA) is 12.5 Å². The number of fused-ring (bicyclic) bond motifs is 1. The molecule has 0 spiro atoms. The summed E-state index contributed by atoms with van der Waals surface area (Å²) in [6.45, 7) is 6.22. The second kappa shape index (κ2) is 1.85. The smallest absolute Gasteiger partial charge is 0.108 e. The van der Waals surface area contributed by atoms with Crippen molar-refractivity contribution >= 4 is 0 Å². The molecule has 56 valence electrons. The van der Waals surface area contributed by atoms with E-state index in [-0.39, 0.29) is 5.60 Å². The van der Waals surface area contributed by atoms with Gasteiger partial charge in [-0.2, -0.15) is 0 Å². The van der Waals surface area contributed by atoms with Gasteiger partial charge in [-0.25, -0.2) is 0 Å². The van der Waals surface area contributed by atoms with Gasteiger partial charge in [-0.05, 0) is 31.8 Å². The van der Waals surface area contributed by atoms with Gasteiger partial charge in [-0.1, -0.05) is 13.0 Å². The maximum atomic E-state index is 5.56. The molecular formula is C9H14O. The first-order chi connectivity index (χ1) is 4.72. The molecule has 0 amide bonds. The third-order valence-corrected chi connectivity index (χ3v) is 2.68. The van der Waals surface area contributed by atoms with Crippen LogP contribution in [0.3, 0.4) is 0 Å². The Labute approximate surface area is 62.1 Å². The molecule has 0 aromatic rings. The number of ether oxygens (including phenoxy) is 1. The molecule has 2 rings (SSSR count). The second-order valence-corrected chi connectivity index (χ2v) is 3.68. The summed E-state index contributed by atoms with van der Waals surface area (Å²) in [6, 6.07) is 0. The van der Waals surface area contributed by atoms with Gasteiger partial charge in [-0.3, -0.25) is 0 Å². The van der Waals surface area contributed by atoms with Crippen molar-refractivity contribution < 1.29 is 4.74 Å². The SMILES string of the molecule is C=C1CCCCC2(C)OC12. The highest BCUT2D eigenvalue weighted by molar-refractivity contribution is 5.20. The lowest BCUT2D eigenvalue weighted by atomic mass is 10.0. The van der Waals surface area contributed by atoms with Crippen LogP contribution in [0.15, 0.2) is 12.2 Å². The molecule has 2 unspecified atom stereocenters. The van der Waals surface area contributed by atoms with Crippen LogP contribution in [0.1, 0.15) is 32.6 Å². The van der Waals surface area contributed by atoms with Gasteiger partial charge < -0.3 is 4.74 Å². The zero-order chi connectivity index (χ0) is 7.19. The van der Waals surface area contributed by atoms with Crippen LogP contribution in [0.4, 0.5) is 0 Å². The molecule has 1 heteroatoms. The molecule has 10 heavy (non-hydrogen) atoms. The Morgan fingerprint density at radius 3 is 3.20 bits per heavy atom. The molecule has 2 aliphatic rings. The van der Waals surface area contributed by atoms with Gasteiger partial charge in [0, 0.05) is 0 Å². The van der Waals surface area contributed by atoms with Gasteiger partial charge in [0.05, 0.1) is 5.60 Å². The molecule has 1 saturated carbocycles. The summed E-state index contributed by atoms with van der Waals surface area (Å²) in [5.74, 6) is 0. The fourth-order valence-corrected chi connectivity index (χ4v) is 1.90. The van der Waals surface area contributed by atoms with Crippen molar-refractivity contribution in [1.29, 1.82) is 0 Å². The Balaban J connectivity index is 2.12. The van der Waals surface area contributed by atoms with Crippen LogP contribution in [0.25, 0.3) is 0 Å². The van der Waals surface area contributed by atoms with Crippen LogP contribution >= 0.6 is 0 Å². The van der Waals surface area contributed by atoms with Crippen LogP contribution in [-0.2, 0) is 4.74 Å². The average Bonchev–Trinajstić information content (AvgIpc) is 2.54. The van der Waals surface area contributed by atoms with E-state index in [0.29, 0.717) is 6.10 Å². The van der Waals surface area contributed by atoms with E-state index in [1.807, 2.05) is 0 Å². The van der Waals surface area contributed by atoms with E-state index in [2.05, 4.69) is 13.5 Å². The van der Waals surface area contributed by atoms with Gasteiger partial charge >= 0.3 is 0 Å². The molecule has 1 heterocycles. The van der Waals surface area contributed by atoms with Crippen molar-refractivity contribution in [2.24, 2.45) is 0 Å². The average molecular weight is 138 g/mol. The van der Waals surface area contributed by atoms with Crippen molar-refractivity contribution in [2.75, 3.05) is 0 Å². The molecule has 0 N–H and O–H groups in total. The van der Waals surface area contributed by atoms with Crippen LogP contribution < -0.4 is 0 Å². The number of hydrogen-bond acceptors (Lipinski definition) is 1. The standard InChI is InChI=1S/C9H14O/c1-7-5-3-4-6-9(2)8(7)10-9/h8H,1,3-6H2,2H3. The Hall–Kier alpha value is -0.300. The predicted octanol–water partition coefficient (Wildman–Crippen LogP) is 2.27. The summed E-state index contributed by atoms with van der Waals surface area (Å²) in [4.78, 5) is 0. The van der Waals surface area contributed by atoms with Crippen molar-refractivity contribution in [2.45, 2.75) is 44.3 Å². The molecule has 1 aliphatic carbocycles. The predicted molar refractivity (Wildman–Crippen MR) is 40.9 cm³/mol. The van der Waals surface area contributed by atoms with Crippen molar-refractivity contribution in [3.8, 4) is 0 Å². The minimum absolute atomic E-state index is 0.202. The molecule has 1 nitrogen and oxygen atoms in total. The van der Waals surface area contributed by atoms with E-state index < -0.39 is 0 Å². The minimum atomic E-state index is 0.202. The van der Waals surface area contributed by atoms with Crippen molar-refractivity contribution in [3.63, 3.8) is 0 Å². The summed E-state index contributed by atoms with van der Waals surface area (Å²) in [6.07, 6.45) is 5.45. The van der Waals surface area contributed by atoms with E-state index in [1.54, 1.807) is 0 Å². The molecule has 1 aliphatic heterocycles. The first kappa shape index (κ1) is 6.41. The van der Waals surface area contributed by atoms with Gasteiger partial charge in [-0.15, -0.1) is 0 Å². The zero-order valence-corrected chi connectivity index (χ0v) is 6.52. The van der Waals surface area contributed by atoms with Crippen LogP contribution in [-0.4, -0.2) is 11.7 Å². The van der Waals surface area contributed by atoms with Gasteiger partial charge in [0.25, 0.3) is 0 Å². The Morgan fingerprint density at radius 2 is 2.40 bits per heavy atom. The maximum Gasteiger partial charge on any atom is 0.108 e. The van der Waals surface area contributed by atoms with E-state index in [0.717, 1.165) is 0 Å². The third kappa shape index (κ3) is 0.807. The zero-order valence-electron chi connectivity index (χ0n) is 6.52. The highest BCUT2D eigenvalue weighted by Gasteiger charge is 2.53. The summed E-state index contributed by atoms with van der Waals surface area (Å²) in [7, 11) is 0. The van der Waals surface area contributed by atoms with E-state index in [9.17, 15) is 0 Å². The second-order valence-electron chi connectivity index (χ2n) is 3.68. The number of rotatable bonds is 0. The Morgan fingerprint density at radius 1 is 1.60 bits per heavy atom. The lowest BCUT2D eigenvalue weighted by Gasteiger charge is -1.99. The number of epoxide rings is 1. The molecule has 1 saturated heterocycles. The Kier molecular flexibility index (Phi) is 1.19. The highest BCUT2D eigenvalue weighted by atomic mass is 16.6. The largest absolute Gasteiger partial charge is 0.362 e. The van der Waals surface area contributed by atoms with Crippen LogP contribution in [0, 0.1) is 0 Å². The van der Waals surface area contributed by atoms with Gasteiger partial charge in [0.15, 0.2) is 0 Å². The molecule has 0 bridgehead atoms. The summed E-state index contributed by atoms with van der Waals surface area (Å²) in [5.41, 5.74) is 1.52.